The van der Waals surface area contributed by atoms with E-state index in [9.17, 15) is 4.79 Å². The van der Waals surface area contributed by atoms with E-state index in [2.05, 4.69) is 17.1 Å². The molecule has 2 heterocycles. The van der Waals surface area contributed by atoms with E-state index in [0.717, 1.165) is 39.0 Å². The first-order valence-corrected chi connectivity index (χ1v) is 6.27. The number of hydrogen-bond acceptors (Lipinski definition) is 2. The van der Waals surface area contributed by atoms with Gasteiger partial charge in [-0.25, -0.2) is 0 Å². The van der Waals surface area contributed by atoms with Crippen molar-refractivity contribution in [2.24, 2.45) is 11.8 Å². The van der Waals surface area contributed by atoms with E-state index in [1.54, 1.807) is 0 Å². The molecule has 1 unspecified atom stereocenters. The van der Waals surface area contributed by atoms with Crippen LogP contribution in [0.3, 0.4) is 0 Å². The normalized spacial score (nSPS) is 29.1. The molecular formula is C12H22N2O. The topological polar surface area (TPSA) is 32.3 Å². The summed E-state index contributed by atoms with van der Waals surface area (Å²) in [5.74, 6) is 1.42. The van der Waals surface area contributed by atoms with Gasteiger partial charge in [-0.3, -0.25) is 4.79 Å². The highest BCUT2D eigenvalue weighted by molar-refractivity contribution is 5.79. The molecule has 2 rings (SSSR count). The summed E-state index contributed by atoms with van der Waals surface area (Å²) in [6.07, 6.45) is 4.54. The maximum atomic E-state index is 12.2. The number of carbonyl (C=O) groups excluding carboxylic acids is 1. The van der Waals surface area contributed by atoms with Gasteiger partial charge in [0.15, 0.2) is 0 Å². The standard InChI is InChI=1S/C12H22N2O/c1-10-3-2-8-14(9-10)12(15)11-4-6-13-7-5-11/h10-11,13H,2-9H2,1H3. The second kappa shape index (κ2) is 4.97. The molecule has 0 aliphatic carbocycles. The third-order valence-corrected chi connectivity index (χ3v) is 3.66. The van der Waals surface area contributed by atoms with Gasteiger partial charge in [-0.1, -0.05) is 6.92 Å². The van der Waals surface area contributed by atoms with Gasteiger partial charge in [0.1, 0.15) is 0 Å². The number of amides is 1. The van der Waals surface area contributed by atoms with Gasteiger partial charge >= 0.3 is 0 Å². The van der Waals surface area contributed by atoms with Crippen LogP contribution >= 0.6 is 0 Å². The molecule has 15 heavy (non-hydrogen) atoms. The summed E-state index contributed by atoms with van der Waals surface area (Å²) >= 11 is 0. The Hall–Kier alpha value is -0.570. The fourth-order valence-electron chi connectivity index (χ4n) is 2.72. The lowest BCUT2D eigenvalue weighted by Crippen LogP contribution is -2.45. The Labute approximate surface area is 92.2 Å². The first-order chi connectivity index (χ1) is 7.27. The van der Waals surface area contributed by atoms with Gasteiger partial charge in [-0.2, -0.15) is 0 Å². The van der Waals surface area contributed by atoms with Crippen LogP contribution in [0, 0.1) is 11.8 Å². The zero-order valence-electron chi connectivity index (χ0n) is 9.67. The summed E-state index contributed by atoms with van der Waals surface area (Å²) in [7, 11) is 0. The molecule has 0 saturated carbocycles. The zero-order chi connectivity index (χ0) is 10.7. The molecule has 2 aliphatic heterocycles. The maximum Gasteiger partial charge on any atom is 0.225 e. The molecule has 3 heteroatoms. The predicted octanol–water partition coefficient (Wildman–Crippen LogP) is 1.24. The van der Waals surface area contributed by atoms with Crippen LogP contribution in [0.2, 0.25) is 0 Å². The van der Waals surface area contributed by atoms with Crippen LogP contribution in [-0.2, 0) is 4.79 Å². The van der Waals surface area contributed by atoms with Gasteiger partial charge in [0.25, 0.3) is 0 Å². The van der Waals surface area contributed by atoms with Crippen LogP contribution in [0.5, 0.6) is 0 Å². The van der Waals surface area contributed by atoms with Crippen LogP contribution in [0.15, 0.2) is 0 Å². The summed E-state index contributed by atoms with van der Waals surface area (Å²) in [6, 6.07) is 0. The summed E-state index contributed by atoms with van der Waals surface area (Å²) in [4.78, 5) is 14.3. The van der Waals surface area contributed by atoms with Crippen LogP contribution in [0.1, 0.15) is 32.6 Å². The Bertz CT molecular complexity index is 224. The third-order valence-electron chi connectivity index (χ3n) is 3.66. The predicted molar refractivity (Wildman–Crippen MR) is 60.6 cm³/mol. The average molecular weight is 210 g/mol. The molecular weight excluding hydrogens is 188 g/mol. The third kappa shape index (κ3) is 2.71. The summed E-state index contributed by atoms with van der Waals surface area (Å²) in [5, 5.41) is 3.31. The van der Waals surface area contributed by atoms with Crippen molar-refractivity contribution in [3.63, 3.8) is 0 Å². The van der Waals surface area contributed by atoms with Gasteiger partial charge in [0, 0.05) is 19.0 Å². The lowest BCUT2D eigenvalue weighted by Gasteiger charge is -2.34. The van der Waals surface area contributed by atoms with E-state index < -0.39 is 0 Å². The highest BCUT2D eigenvalue weighted by Crippen LogP contribution is 2.21. The number of carbonyl (C=O) groups is 1. The van der Waals surface area contributed by atoms with Crippen LogP contribution < -0.4 is 5.32 Å². The number of piperidine rings is 2. The van der Waals surface area contributed by atoms with Gasteiger partial charge in [0.2, 0.25) is 5.91 Å². The Balaban J connectivity index is 1.88. The Morgan fingerprint density at radius 2 is 2.00 bits per heavy atom. The van der Waals surface area contributed by atoms with E-state index >= 15 is 0 Å². The van der Waals surface area contributed by atoms with E-state index in [4.69, 9.17) is 0 Å². The SMILES string of the molecule is CC1CCCN(C(=O)C2CCNCC2)C1. The Kier molecular flexibility index (Phi) is 3.62. The second-order valence-corrected chi connectivity index (χ2v) is 5.06. The fraction of sp³-hybridized carbons (Fsp3) is 0.917. The molecule has 86 valence electrons. The van der Waals surface area contributed by atoms with E-state index in [1.165, 1.54) is 12.8 Å². The smallest absolute Gasteiger partial charge is 0.225 e. The number of nitrogens with zero attached hydrogens (tertiary/aromatic N) is 1. The van der Waals surface area contributed by atoms with E-state index in [-0.39, 0.29) is 0 Å². The van der Waals surface area contributed by atoms with E-state index in [1.807, 2.05) is 0 Å². The molecule has 0 aromatic carbocycles. The van der Waals surface area contributed by atoms with Crippen molar-refractivity contribution in [1.82, 2.24) is 10.2 Å². The molecule has 1 atom stereocenters. The van der Waals surface area contributed by atoms with Crippen LogP contribution in [0.4, 0.5) is 0 Å². The molecule has 1 N–H and O–H groups in total. The first-order valence-electron chi connectivity index (χ1n) is 6.27. The van der Waals surface area contributed by atoms with Crippen molar-refractivity contribution in [3.8, 4) is 0 Å². The lowest BCUT2D eigenvalue weighted by molar-refractivity contribution is -0.138. The first kappa shape index (κ1) is 10.9. The van der Waals surface area contributed by atoms with Crippen molar-refractivity contribution in [2.45, 2.75) is 32.6 Å². The summed E-state index contributed by atoms with van der Waals surface area (Å²) in [5.41, 5.74) is 0. The van der Waals surface area contributed by atoms with E-state index in [0.29, 0.717) is 17.7 Å². The van der Waals surface area contributed by atoms with Crippen molar-refractivity contribution in [1.29, 1.82) is 0 Å². The number of likely N-dealkylation sites (tertiary alicyclic amines) is 1. The zero-order valence-corrected chi connectivity index (χ0v) is 9.67. The lowest BCUT2D eigenvalue weighted by atomic mass is 9.93. The van der Waals surface area contributed by atoms with Crippen LogP contribution in [-0.4, -0.2) is 37.0 Å². The monoisotopic (exact) mass is 210 g/mol. The number of nitrogens with one attached hydrogen (secondary N) is 1. The molecule has 2 saturated heterocycles. The molecule has 0 aromatic rings. The highest BCUT2D eigenvalue weighted by atomic mass is 16.2. The van der Waals surface area contributed by atoms with Gasteiger partial charge < -0.3 is 10.2 Å². The number of hydrogen-bond donors (Lipinski definition) is 1. The average Bonchev–Trinajstić information content (AvgIpc) is 2.29. The number of rotatable bonds is 1. The quantitative estimate of drug-likeness (QED) is 0.706. The molecule has 0 spiro atoms. The van der Waals surface area contributed by atoms with Gasteiger partial charge in [-0.15, -0.1) is 0 Å². The molecule has 1 amide bonds. The molecule has 3 nitrogen and oxygen atoms in total. The van der Waals surface area contributed by atoms with Gasteiger partial charge in [0.05, 0.1) is 0 Å². The van der Waals surface area contributed by atoms with Crippen molar-refractivity contribution in [2.75, 3.05) is 26.2 Å². The maximum absolute atomic E-state index is 12.2. The summed E-state index contributed by atoms with van der Waals surface area (Å²) in [6.45, 7) is 6.26. The van der Waals surface area contributed by atoms with Crippen molar-refractivity contribution < 1.29 is 4.79 Å². The Morgan fingerprint density at radius 1 is 1.27 bits per heavy atom. The minimum absolute atomic E-state index is 0.302. The minimum atomic E-state index is 0.302. The van der Waals surface area contributed by atoms with Gasteiger partial charge in [-0.05, 0) is 44.7 Å². The largest absolute Gasteiger partial charge is 0.342 e. The van der Waals surface area contributed by atoms with Crippen molar-refractivity contribution >= 4 is 5.91 Å². The fourth-order valence-corrected chi connectivity index (χ4v) is 2.72. The second-order valence-electron chi connectivity index (χ2n) is 5.06. The molecule has 0 radical (unpaired) electrons. The van der Waals surface area contributed by atoms with Crippen LogP contribution in [0.25, 0.3) is 0 Å². The van der Waals surface area contributed by atoms with Crippen molar-refractivity contribution in [3.05, 3.63) is 0 Å². The summed E-state index contributed by atoms with van der Waals surface area (Å²) < 4.78 is 0. The minimum Gasteiger partial charge on any atom is -0.342 e. The Morgan fingerprint density at radius 3 is 2.67 bits per heavy atom. The molecule has 0 bridgehead atoms. The molecule has 2 aliphatic rings. The highest BCUT2D eigenvalue weighted by Gasteiger charge is 2.28. The molecule has 0 aromatic heterocycles. The molecule has 2 fully saturated rings.